The summed E-state index contributed by atoms with van der Waals surface area (Å²) in [4.78, 5) is 23.8. The van der Waals surface area contributed by atoms with E-state index in [4.69, 9.17) is 5.11 Å². The molecule has 1 unspecified atom stereocenters. The number of carboxylic acid groups (broad SMARTS) is 1. The summed E-state index contributed by atoms with van der Waals surface area (Å²) in [6.45, 7) is 1.72. The lowest BCUT2D eigenvalue weighted by Gasteiger charge is -2.21. The number of carbonyl (C=O) groups is 2. The van der Waals surface area contributed by atoms with Gasteiger partial charge in [0, 0.05) is 20.0 Å². The summed E-state index contributed by atoms with van der Waals surface area (Å²) in [7, 11) is -2.19. The predicted molar refractivity (Wildman–Crippen MR) is 78.6 cm³/mol. The van der Waals surface area contributed by atoms with Crippen molar-refractivity contribution < 1.29 is 23.1 Å². The predicted octanol–water partition coefficient (Wildman–Crippen LogP) is 0.738. The largest absolute Gasteiger partial charge is 0.481 e. The molecule has 0 aromatic carbocycles. The number of sulfonamides is 1. The Kier molecular flexibility index (Phi) is 6.31. The van der Waals surface area contributed by atoms with Crippen LogP contribution in [0.2, 0.25) is 0 Å². The van der Waals surface area contributed by atoms with Gasteiger partial charge in [0.2, 0.25) is 5.91 Å². The molecule has 1 atom stereocenters. The van der Waals surface area contributed by atoms with E-state index in [1.54, 1.807) is 11.4 Å². The van der Waals surface area contributed by atoms with E-state index in [2.05, 4.69) is 4.72 Å². The number of hydrogen-bond donors (Lipinski definition) is 2. The van der Waals surface area contributed by atoms with E-state index in [0.29, 0.717) is 6.42 Å². The van der Waals surface area contributed by atoms with E-state index in [-0.39, 0.29) is 17.2 Å². The zero-order chi connectivity index (χ0) is 16.0. The maximum atomic E-state index is 12.0. The molecule has 0 bridgehead atoms. The fourth-order valence-electron chi connectivity index (χ4n) is 1.67. The van der Waals surface area contributed by atoms with Crippen molar-refractivity contribution in [3.8, 4) is 0 Å². The molecule has 0 aliphatic carbocycles. The highest BCUT2D eigenvalue weighted by molar-refractivity contribution is 7.91. The second-order valence-corrected chi connectivity index (χ2v) is 7.42. The summed E-state index contributed by atoms with van der Waals surface area (Å²) in [6, 6.07) is 2.16. The highest BCUT2D eigenvalue weighted by Gasteiger charge is 2.24. The quantitative estimate of drug-likeness (QED) is 0.730. The van der Waals surface area contributed by atoms with E-state index >= 15 is 0 Å². The molecule has 9 heteroatoms. The molecule has 1 amide bonds. The van der Waals surface area contributed by atoms with Crippen LogP contribution in [0.25, 0.3) is 0 Å². The molecule has 7 nitrogen and oxygen atoms in total. The van der Waals surface area contributed by atoms with E-state index in [9.17, 15) is 18.0 Å². The standard InChI is InChI=1S/C12H18N2O5S2/c1-9(12(17)14(2)7-3-5-10(15)16)13-21(18,19)11-6-4-8-20-11/h4,6,8-9,13H,3,5,7H2,1-2H3,(H,15,16). The molecule has 0 fully saturated rings. The molecule has 0 aliphatic rings. The SMILES string of the molecule is CC(NS(=O)(=O)c1cccs1)C(=O)N(C)CCCC(=O)O. The number of aliphatic carboxylic acids is 1. The molecule has 1 aromatic heterocycles. The van der Waals surface area contributed by atoms with Crippen molar-refractivity contribution in [3.63, 3.8) is 0 Å². The molecule has 0 saturated heterocycles. The number of nitrogens with zero attached hydrogens (tertiary/aromatic N) is 1. The van der Waals surface area contributed by atoms with Crippen molar-refractivity contribution in [2.24, 2.45) is 0 Å². The Morgan fingerprint density at radius 1 is 1.48 bits per heavy atom. The molecular weight excluding hydrogens is 316 g/mol. The van der Waals surface area contributed by atoms with Crippen LogP contribution in [0, 0.1) is 0 Å². The van der Waals surface area contributed by atoms with Crippen LogP contribution in [0.4, 0.5) is 0 Å². The molecule has 2 N–H and O–H groups in total. The number of carbonyl (C=O) groups excluding carboxylic acids is 1. The Hall–Kier alpha value is -1.45. The summed E-state index contributed by atoms with van der Waals surface area (Å²) < 4.78 is 26.4. The van der Waals surface area contributed by atoms with E-state index in [1.165, 1.54) is 24.9 Å². The number of thiophene rings is 1. The Balaban J connectivity index is 2.56. The molecule has 0 radical (unpaired) electrons. The van der Waals surface area contributed by atoms with Gasteiger partial charge in [-0.1, -0.05) is 6.07 Å². The Labute approximate surface area is 127 Å². The minimum absolute atomic E-state index is 0.0348. The van der Waals surface area contributed by atoms with Crippen LogP contribution in [0.15, 0.2) is 21.7 Å². The smallest absolute Gasteiger partial charge is 0.303 e. The molecule has 0 saturated carbocycles. The van der Waals surface area contributed by atoms with Crippen molar-refractivity contribution in [2.75, 3.05) is 13.6 Å². The van der Waals surface area contributed by atoms with Crippen LogP contribution >= 0.6 is 11.3 Å². The highest BCUT2D eigenvalue weighted by atomic mass is 32.2. The number of rotatable bonds is 8. The minimum Gasteiger partial charge on any atom is -0.481 e. The Bertz CT molecular complexity index is 583. The van der Waals surface area contributed by atoms with Gasteiger partial charge in [-0.2, -0.15) is 4.72 Å². The fraction of sp³-hybridized carbons (Fsp3) is 0.500. The van der Waals surface area contributed by atoms with Crippen molar-refractivity contribution in [1.82, 2.24) is 9.62 Å². The monoisotopic (exact) mass is 334 g/mol. The van der Waals surface area contributed by atoms with Crippen LogP contribution < -0.4 is 4.72 Å². The second-order valence-electron chi connectivity index (χ2n) is 4.53. The molecule has 0 spiro atoms. The lowest BCUT2D eigenvalue weighted by molar-refractivity contribution is -0.138. The fourth-order valence-corrected chi connectivity index (χ4v) is 3.87. The summed E-state index contributed by atoms with van der Waals surface area (Å²) in [5.74, 6) is -1.33. The van der Waals surface area contributed by atoms with Gasteiger partial charge < -0.3 is 10.0 Å². The van der Waals surface area contributed by atoms with E-state index < -0.39 is 27.9 Å². The van der Waals surface area contributed by atoms with Crippen LogP contribution in [0.3, 0.4) is 0 Å². The van der Waals surface area contributed by atoms with Crippen LogP contribution in [-0.4, -0.2) is 49.9 Å². The molecule has 118 valence electrons. The maximum absolute atomic E-state index is 12.0. The number of nitrogens with one attached hydrogen (secondary N) is 1. The number of hydrogen-bond acceptors (Lipinski definition) is 5. The topological polar surface area (TPSA) is 104 Å². The first kappa shape index (κ1) is 17.6. The van der Waals surface area contributed by atoms with Crippen LogP contribution in [0.1, 0.15) is 19.8 Å². The van der Waals surface area contributed by atoms with Gasteiger partial charge >= 0.3 is 5.97 Å². The summed E-state index contributed by atoms with van der Waals surface area (Å²) in [5.41, 5.74) is 0. The Morgan fingerprint density at radius 3 is 2.67 bits per heavy atom. The third kappa shape index (κ3) is 5.44. The first-order valence-electron chi connectivity index (χ1n) is 6.26. The van der Waals surface area contributed by atoms with Crippen molar-refractivity contribution in [2.45, 2.75) is 30.0 Å². The van der Waals surface area contributed by atoms with E-state index in [1.807, 2.05) is 0 Å². The zero-order valence-electron chi connectivity index (χ0n) is 11.8. The minimum atomic E-state index is -3.70. The van der Waals surface area contributed by atoms with Gasteiger partial charge in [-0.3, -0.25) is 9.59 Å². The molecule has 1 heterocycles. The summed E-state index contributed by atoms with van der Waals surface area (Å²) in [6.07, 6.45) is 0.287. The number of amides is 1. The summed E-state index contributed by atoms with van der Waals surface area (Å²) in [5, 5.41) is 10.2. The average molecular weight is 334 g/mol. The lowest BCUT2D eigenvalue weighted by Crippen LogP contribution is -2.45. The first-order valence-corrected chi connectivity index (χ1v) is 8.63. The lowest BCUT2D eigenvalue weighted by atomic mass is 10.2. The van der Waals surface area contributed by atoms with E-state index in [0.717, 1.165) is 11.3 Å². The number of carboxylic acids is 1. The van der Waals surface area contributed by atoms with Crippen molar-refractivity contribution in [3.05, 3.63) is 17.5 Å². The molecule has 1 aromatic rings. The van der Waals surface area contributed by atoms with Gasteiger partial charge in [0.15, 0.2) is 0 Å². The average Bonchev–Trinajstić information content (AvgIpc) is 2.91. The van der Waals surface area contributed by atoms with Crippen molar-refractivity contribution >= 4 is 33.2 Å². The van der Waals surface area contributed by atoms with Gasteiger partial charge in [-0.15, -0.1) is 11.3 Å². The van der Waals surface area contributed by atoms with Gasteiger partial charge in [-0.05, 0) is 24.8 Å². The third-order valence-corrected chi connectivity index (χ3v) is 5.66. The molecular formula is C12H18N2O5S2. The normalized spacial score (nSPS) is 12.9. The van der Waals surface area contributed by atoms with Crippen LogP contribution in [-0.2, 0) is 19.6 Å². The maximum Gasteiger partial charge on any atom is 0.303 e. The van der Waals surface area contributed by atoms with Gasteiger partial charge in [0.1, 0.15) is 4.21 Å². The first-order chi connectivity index (χ1) is 9.74. The van der Waals surface area contributed by atoms with Gasteiger partial charge in [-0.25, -0.2) is 8.42 Å². The third-order valence-electron chi connectivity index (χ3n) is 2.72. The summed E-state index contributed by atoms with van der Waals surface area (Å²) >= 11 is 1.07. The second kappa shape index (κ2) is 7.53. The Morgan fingerprint density at radius 2 is 2.14 bits per heavy atom. The van der Waals surface area contributed by atoms with Gasteiger partial charge in [0.05, 0.1) is 6.04 Å². The molecule has 0 aliphatic heterocycles. The number of likely N-dealkylation sites (N-methyl/N-ethyl adjacent to an activating group) is 1. The molecule has 21 heavy (non-hydrogen) atoms. The highest BCUT2D eigenvalue weighted by Crippen LogP contribution is 2.16. The van der Waals surface area contributed by atoms with Gasteiger partial charge in [0.25, 0.3) is 10.0 Å². The molecule has 1 rings (SSSR count). The zero-order valence-corrected chi connectivity index (χ0v) is 13.4. The van der Waals surface area contributed by atoms with Crippen LogP contribution in [0.5, 0.6) is 0 Å². The van der Waals surface area contributed by atoms with Crippen molar-refractivity contribution in [1.29, 1.82) is 0 Å².